The molecule has 1 unspecified atom stereocenters. The molecule has 1 atom stereocenters. The maximum Gasteiger partial charge on any atom is 0.353 e. The van der Waals surface area contributed by atoms with Gasteiger partial charge in [-0.15, -0.1) is 0 Å². The quantitative estimate of drug-likeness (QED) is 0.652. The molecule has 0 saturated carbocycles. The van der Waals surface area contributed by atoms with Gasteiger partial charge in [0, 0.05) is 11.7 Å². The molecule has 2 heterocycles. The Balaban J connectivity index is 1.79. The Morgan fingerprint density at radius 3 is 1.85 bits per heavy atom. The molecule has 0 amide bonds. The number of fused-ring (bicyclic) bond motifs is 1. The van der Waals surface area contributed by atoms with E-state index in [0.717, 1.165) is 6.54 Å². The minimum atomic E-state index is -0.194. The number of hydrogen-bond acceptors (Lipinski definition) is 2. The molecule has 3 aromatic carbocycles. The van der Waals surface area contributed by atoms with Crippen molar-refractivity contribution < 1.29 is 0 Å². The number of para-hydroxylation sites is 1. The lowest BCUT2D eigenvalue weighted by atomic mass is 9.75. The summed E-state index contributed by atoms with van der Waals surface area (Å²) < 4.78 is 0. The summed E-state index contributed by atoms with van der Waals surface area (Å²) in [5.41, 5.74) is 3.77. The van der Waals surface area contributed by atoms with Gasteiger partial charge in [0.1, 0.15) is 0 Å². The lowest BCUT2D eigenvalue weighted by Gasteiger charge is -2.44. The molecule has 3 aromatic rings. The molecule has 0 spiro atoms. The first-order chi connectivity index (χ1) is 12.9. The van der Waals surface area contributed by atoms with Crippen LogP contribution in [0.1, 0.15) is 24.0 Å². The van der Waals surface area contributed by atoms with E-state index >= 15 is 0 Å². The van der Waals surface area contributed by atoms with Crippen LogP contribution in [0.5, 0.6) is 0 Å². The summed E-state index contributed by atoms with van der Waals surface area (Å²) >= 11 is 0. The molecular formula is C23H22BN2. The van der Waals surface area contributed by atoms with Crippen LogP contribution in [0.2, 0.25) is 0 Å². The highest BCUT2D eigenvalue weighted by molar-refractivity contribution is 6.41. The van der Waals surface area contributed by atoms with Crippen molar-refractivity contribution >= 4 is 13.2 Å². The molecule has 0 aliphatic carbocycles. The van der Waals surface area contributed by atoms with Gasteiger partial charge in [-0.25, -0.2) is 0 Å². The van der Waals surface area contributed by atoms with Crippen LogP contribution in [-0.4, -0.2) is 24.9 Å². The second-order valence-electron chi connectivity index (χ2n) is 7.22. The highest BCUT2D eigenvalue weighted by Crippen LogP contribution is 2.50. The predicted octanol–water partition coefficient (Wildman–Crippen LogP) is 4.45. The van der Waals surface area contributed by atoms with Crippen LogP contribution in [-0.2, 0) is 5.54 Å². The maximum absolute atomic E-state index is 2.55. The van der Waals surface area contributed by atoms with Crippen LogP contribution in [0.15, 0.2) is 91.0 Å². The van der Waals surface area contributed by atoms with E-state index in [1.165, 1.54) is 29.7 Å². The summed E-state index contributed by atoms with van der Waals surface area (Å²) in [6.07, 6.45) is 2.47. The van der Waals surface area contributed by atoms with Crippen molar-refractivity contribution in [2.75, 3.05) is 11.4 Å². The van der Waals surface area contributed by atoms with Crippen LogP contribution in [0.25, 0.3) is 0 Å². The van der Waals surface area contributed by atoms with Gasteiger partial charge in [-0.2, -0.15) is 0 Å². The predicted molar refractivity (Wildman–Crippen MR) is 108 cm³/mol. The van der Waals surface area contributed by atoms with Crippen LogP contribution < -0.4 is 4.81 Å². The van der Waals surface area contributed by atoms with Crippen molar-refractivity contribution in [2.24, 2.45) is 0 Å². The summed E-state index contributed by atoms with van der Waals surface area (Å²) in [4.78, 5) is 5.05. The topological polar surface area (TPSA) is 6.48 Å². The van der Waals surface area contributed by atoms with E-state index in [1.807, 2.05) is 0 Å². The van der Waals surface area contributed by atoms with Crippen LogP contribution >= 0.6 is 0 Å². The van der Waals surface area contributed by atoms with Gasteiger partial charge in [-0.1, -0.05) is 78.9 Å². The van der Waals surface area contributed by atoms with Crippen LogP contribution in [0.4, 0.5) is 5.69 Å². The van der Waals surface area contributed by atoms with Crippen molar-refractivity contribution in [1.29, 1.82) is 0 Å². The van der Waals surface area contributed by atoms with E-state index in [0.29, 0.717) is 6.04 Å². The molecule has 127 valence electrons. The number of anilines is 1. The molecule has 3 heteroatoms. The van der Waals surface area contributed by atoms with Crippen molar-refractivity contribution in [3.63, 3.8) is 0 Å². The summed E-state index contributed by atoms with van der Waals surface area (Å²) in [6, 6.07) is 33.3. The number of benzene rings is 3. The number of hydrogen-bond donors (Lipinski definition) is 0. The molecule has 2 fully saturated rings. The van der Waals surface area contributed by atoms with Gasteiger partial charge in [0.15, 0.2) is 0 Å². The second kappa shape index (κ2) is 6.33. The summed E-state index contributed by atoms with van der Waals surface area (Å²) in [5, 5.41) is 0. The van der Waals surface area contributed by atoms with Crippen molar-refractivity contribution in [3.05, 3.63) is 102 Å². The van der Waals surface area contributed by atoms with Gasteiger partial charge in [0.25, 0.3) is 0 Å². The fourth-order valence-corrected chi connectivity index (χ4v) is 4.85. The molecule has 0 N–H and O–H groups in total. The lowest BCUT2D eigenvalue weighted by Crippen LogP contribution is -2.49. The zero-order chi connectivity index (χ0) is 17.4. The first-order valence-corrected chi connectivity index (χ1v) is 9.47. The molecule has 1 radical (unpaired) electrons. The van der Waals surface area contributed by atoms with Crippen LogP contribution in [0.3, 0.4) is 0 Å². The summed E-state index contributed by atoms with van der Waals surface area (Å²) in [7, 11) is 2.35. The first-order valence-electron chi connectivity index (χ1n) is 9.47. The van der Waals surface area contributed by atoms with E-state index in [1.54, 1.807) is 0 Å². The number of nitrogens with zero attached hydrogens (tertiary/aromatic N) is 2. The van der Waals surface area contributed by atoms with Gasteiger partial charge in [-0.3, -0.25) is 0 Å². The highest BCUT2D eigenvalue weighted by Gasteiger charge is 2.56. The fourth-order valence-electron chi connectivity index (χ4n) is 4.85. The van der Waals surface area contributed by atoms with Crippen LogP contribution in [0, 0.1) is 0 Å². The van der Waals surface area contributed by atoms with Crippen molar-refractivity contribution in [2.45, 2.75) is 24.4 Å². The highest BCUT2D eigenvalue weighted by atomic mass is 15.4. The maximum atomic E-state index is 2.55. The smallest absolute Gasteiger partial charge is 0.353 e. The molecule has 2 aliphatic rings. The third-order valence-electron chi connectivity index (χ3n) is 5.88. The van der Waals surface area contributed by atoms with Gasteiger partial charge in [0.2, 0.25) is 0 Å². The second-order valence-corrected chi connectivity index (χ2v) is 7.22. The minimum Gasteiger partial charge on any atom is -0.390 e. The standard InChI is InChI=1S/C23H22BN2/c1-4-11-19(12-5-1)23(20-13-6-2-7-14-20)22-17-10-18-25(22)24-26(23)21-15-8-3-9-16-21/h1-9,11-16,22H,10,17-18H2. The average Bonchev–Trinajstić information content (AvgIpc) is 3.30. The number of rotatable bonds is 3. The zero-order valence-electron chi connectivity index (χ0n) is 14.8. The summed E-state index contributed by atoms with van der Waals surface area (Å²) in [5.74, 6) is 0. The first kappa shape index (κ1) is 15.7. The largest absolute Gasteiger partial charge is 0.390 e. The van der Waals surface area contributed by atoms with Gasteiger partial charge >= 0.3 is 7.55 Å². The molecule has 2 nitrogen and oxygen atoms in total. The lowest BCUT2D eigenvalue weighted by molar-refractivity contribution is 0.335. The Morgan fingerprint density at radius 1 is 0.731 bits per heavy atom. The van der Waals surface area contributed by atoms with E-state index in [4.69, 9.17) is 0 Å². The molecule has 26 heavy (non-hydrogen) atoms. The van der Waals surface area contributed by atoms with E-state index < -0.39 is 0 Å². The monoisotopic (exact) mass is 337 g/mol. The van der Waals surface area contributed by atoms with Gasteiger partial charge in [0.05, 0.1) is 5.54 Å². The van der Waals surface area contributed by atoms with Crippen molar-refractivity contribution in [1.82, 2.24) is 4.81 Å². The third kappa shape index (κ3) is 2.24. The average molecular weight is 337 g/mol. The molecular weight excluding hydrogens is 315 g/mol. The molecule has 5 rings (SSSR count). The molecule has 0 aromatic heterocycles. The summed E-state index contributed by atoms with van der Waals surface area (Å²) in [6.45, 7) is 1.13. The normalized spacial score (nSPS) is 21.4. The molecule has 2 aliphatic heterocycles. The van der Waals surface area contributed by atoms with Gasteiger partial charge in [-0.05, 0) is 42.6 Å². The Hall–Kier alpha value is -2.52. The van der Waals surface area contributed by atoms with Gasteiger partial charge < -0.3 is 9.62 Å². The minimum absolute atomic E-state index is 0.194. The fraction of sp³-hybridized carbons (Fsp3) is 0.217. The van der Waals surface area contributed by atoms with E-state index in [2.05, 4.69) is 108 Å². The van der Waals surface area contributed by atoms with E-state index in [-0.39, 0.29) is 5.54 Å². The Bertz CT molecular complexity index is 827. The third-order valence-corrected chi connectivity index (χ3v) is 5.88. The Kier molecular flexibility index (Phi) is 3.83. The SMILES string of the molecule is [B]1N2CCCC2C(c2ccccc2)(c2ccccc2)N1c1ccccc1. The Labute approximate surface area is 156 Å². The molecule has 0 bridgehead atoms. The zero-order valence-corrected chi connectivity index (χ0v) is 14.8. The Morgan fingerprint density at radius 2 is 1.27 bits per heavy atom. The van der Waals surface area contributed by atoms with E-state index in [9.17, 15) is 0 Å². The molecule has 2 saturated heterocycles. The van der Waals surface area contributed by atoms with Crippen molar-refractivity contribution in [3.8, 4) is 0 Å².